The zero-order valence-corrected chi connectivity index (χ0v) is 24.8. The Hall–Kier alpha value is -4.67. The highest BCUT2D eigenvalue weighted by Crippen LogP contribution is 2.33. The van der Waals surface area contributed by atoms with Gasteiger partial charge < -0.3 is 14.8 Å². The van der Waals surface area contributed by atoms with Gasteiger partial charge in [0, 0.05) is 12.0 Å². The fourth-order valence-electron chi connectivity index (χ4n) is 3.93. The molecule has 2 aromatic carbocycles. The highest BCUT2D eigenvalue weighted by atomic mass is 32.2. The fourth-order valence-corrected chi connectivity index (χ4v) is 4.95. The molecule has 1 saturated heterocycles. The van der Waals surface area contributed by atoms with Crippen LogP contribution in [0.5, 0.6) is 0 Å². The quantitative estimate of drug-likeness (QED) is 0.0910. The molecule has 17 heteroatoms. The van der Waals surface area contributed by atoms with Crippen molar-refractivity contribution in [3.63, 3.8) is 0 Å². The van der Waals surface area contributed by atoms with E-state index in [-0.39, 0.29) is 34.2 Å². The summed E-state index contributed by atoms with van der Waals surface area (Å²) in [7, 11) is -4.43. The van der Waals surface area contributed by atoms with Crippen LogP contribution < -0.4 is 4.72 Å². The van der Waals surface area contributed by atoms with Gasteiger partial charge in [-0.25, -0.2) is 17.8 Å². The molecule has 44 heavy (non-hydrogen) atoms. The average molecular weight is 639 g/mol. The maximum absolute atomic E-state index is 13.5. The Kier molecular flexibility index (Phi) is 8.90. The molecule has 0 saturated carbocycles. The van der Waals surface area contributed by atoms with Crippen molar-refractivity contribution < 1.29 is 45.7 Å². The summed E-state index contributed by atoms with van der Waals surface area (Å²) in [5, 5.41) is 20.0. The van der Waals surface area contributed by atoms with Crippen LogP contribution in [0.3, 0.4) is 0 Å². The maximum Gasteiger partial charge on any atom is 0.435 e. The third-order valence-corrected chi connectivity index (χ3v) is 7.83. The average Bonchev–Trinajstić information content (AvgIpc) is 3.36. The Balaban J connectivity index is 1.45. The van der Waals surface area contributed by atoms with Gasteiger partial charge in [0.2, 0.25) is 5.28 Å². The molecule has 1 aliphatic rings. The van der Waals surface area contributed by atoms with E-state index in [2.05, 4.69) is 15.2 Å². The van der Waals surface area contributed by atoms with E-state index in [9.17, 15) is 36.4 Å². The van der Waals surface area contributed by atoms with Gasteiger partial charge in [0.05, 0.1) is 33.2 Å². The first-order chi connectivity index (χ1) is 20.5. The largest absolute Gasteiger partial charge is 0.569 e. The number of sulfonamides is 1. The molecule has 1 amide bonds. The molecule has 1 N–H and O–H groups in total. The molecule has 3 aromatic rings. The van der Waals surface area contributed by atoms with Crippen molar-refractivity contribution in [2.45, 2.75) is 51.2 Å². The number of rotatable bonds is 9. The van der Waals surface area contributed by atoms with E-state index in [0.29, 0.717) is 5.56 Å². The summed E-state index contributed by atoms with van der Waals surface area (Å²) in [5.41, 5.74) is -0.283. The molecule has 0 unspecified atom stereocenters. The highest BCUT2D eigenvalue weighted by molar-refractivity contribution is 7.90. The van der Waals surface area contributed by atoms with Crippen LogP contribution in [-0.4, -0.2) is 59.4 Å². The minimum absolute atomic E-state index is 0.0506. The molecule has 0 aliphatic carbocycles. The predicted octanol–water partition coefficient (Wildman–Crippen LogP) is 4.10. The second-order valence-corrected chi connectivity index (χ2v) is 12.6. The van der Waals surface area contributed by atoms with Gasteiger partial charge in [0.1, 0.15) is 0 Å². The topological polar surface area (TPSA) is 158 Å². The van der Waals surface area contributed by atoms with Gasteiger partial charge in [-0.3, -0.25) is 9.59 Å². The molecule has 4 rings (SSSR count). The first-order valence-corrected chi connectivity index (χ1v) is 14.6. The SMILES string of the molecule is Cc1ccc(-c2cc(C(F)(F)F)nn2-c2ccc(S(=O)(=O)NC(=O)[C@@H]3CCN3/[N+]([O-])=N/OCOC(=O)C(C)(C)C)cc2)cc1. The minimum atomic E-state index is -4.72. The second-order valence-electron chi connectivity index (χ2n) is 10.9. The lowest BCUT2D eigenvalue weighted by molar-refractivity contribution is -0.729. The van der Waals surface area contributed by atoms with Crippen LogP contribution in [0.25, 0.3) is 16.9 Å². The van der Waals surface area contributed by atoms with Gasteiger partial charge in [-0.05, 0) is 58.0 Å². The number of carbonyl (C=O) groups excluding carboxylic acids is 2. The molecule has 1 fully saturated rings. The lowest BCUT2D eigenvalue weighted by Gasteiger charge is -2.33. The van der Waals surface area contributed by atoms with Crippen LogP contribution in [0.15, 0.2) is 64.8 Å². The van der Waals surface area contributed by atoms with E-state index in [1.165, 1.54) is 12.1 Å². The molecule has 1 atom stereocenters. The van der Waals surface area contributed by atoms with Crippen LogP contribution >= 0.6 is 0 Å². The van der Waals surface area contributed by atoms with Crippen LogP contribution in [-0.2, 0) is 35.4 Å². The summed E-state index contributed by atoms with van der Waals surface area (Å²) in [6, 6.07) is 11.2. The van der Waals surface area contributed by atoms with E-state index in [1.807, 2.05) is 11.6 Å². The number of ether oxygens (including phenoxy) is 1. The number of hydrogen-bond donors (Lipinski definition) is 1. The van der Waals surface area contributed by atoms with E-state index >= 15 is 0 Å². The Bertz CT molecular complexity index is 1670. The number of amides is 1. The number of alkyl halides is 3. The molecule has 0 bridgehead atoms. The van der Waals surface area contributed by atoms with Gasteiger partial charge >= 0.3 is 12.1 Å². The van der Waals surface area contributed by atoms with Crippen molar-refractivity contribution in [3.8, 4) is 16.9 Å². The fraction of sp³-hybridized carbons (Fsp3) is 0.370. The van der Waals surface area contributed by atoms with Gasteiger partial charge in [-0.2, -0.15) is 18.3 Å². The number of nitrogens with one attached hydrogen (secondary N) is 1. The molecule has 0 radical (unpaired) electrons. The Morgan fingerprint density at radius 2 is 1.75 bits per heavy atom. The second kappa shape index (κ2) is 12.1. The Morgan fingerprint density at radius 3 is 2.30 bits per heavy atom. The monoisotopic (exact) mass is 638 g/mol. The van der Waals surface area contributed by atoms with E-state index in [4.69, 9.17) is 4.74 Å². The number of benzene rings is 2. The van der Waals surface area contributed by atoms with Crippen molar-refractivity contribution in [1.29, 1.82) is 0 Å². The van der Waals surface area contributed by atoms with E-state index in [0.717, 1.165) is 33.5 Å². The third-order valence-electron chi connectivity index (χ3n) is 6.47. The number of aromatic nitrogens is 2. The normalized spacial score (nSPS) is 15.8. The summed E-state index contributed by atoms with van der Waals surface area (Å²) in [5.74, 6) is -1.61. The number of carbonyl (C=O) groups is 2. The van der Waals surface area contributed by atoms with Gasteiger partial charge in [-0.15, -0.1) is 5.01 Å². The lowest BCUT2D eigenvalue weighted by atomic mass is 9.98. The van der Waals surface area contributed by atoms with Gasteiger partial charge in [-0.1, -0.05) is 29.8 Å². The molecule has 1 aliphatic heterocycles. The summed E-state index contributed by atoms with van der Waals surface area (Å²) >= 11 is 0. The summed E-state index contributed by atoms with van der Waals surface area (Å²) < 4.78 is 74.0. The van der Waals surface area contributed by atoms with Crippen LogP contribution in [0.1, 0.15) is 38.4 Å². The van der Waals surface area contributed by atoms with Crippen LogP contribution in [0.4, 0.5) is 13.2 Å². The van der Waals surface area contributed by atoms with Crippen molar-refractivity contribution in [1.82, 2.24) is 19.5 Å². The predicted molar refractivity (Wildman–Crippen MR) is 147 cm³/mol. The summed E-state index contributed by atoms with van der Waals surface area (Å²) in [4.78, 5) is 28.7. The molecular formula is C27H29F3N6O7S. The smallest absolute Gasteiger partial charge is 0.435 e. The Morgan fingerprint density at radius 1 is 1.11 bits per heavy atom. The zero-order chi connectivity index (χ0) is 32.4. The maximum atomic E-state index is 13.5. The van der Waals surface area contributed by atoms with Crippen molar-refractivity contribution in [2.75, 3.05) is 13.3 Å². The molecule has 0 spiro atoms. The Labute approximate surface area is 250 Å². The molecule has 236 valence electrons. The van der Waals surface area contributed by atoms with Crippen molar-refractivity contribution >= 4 is 21.9 Å². The number of halogens is 3. The van der Waals surface area contributed by atoms with Gasteiger partial charge in [0.25, 0.3) is 22.7 Å². The number of hydrogen-bond acceptors (Lipinski definition) is 9. The van der Waals surface area contributed by atoms with E-state index < -0.39 is 52.0 Å². The summed E-state index contributed by atoms with van der Waals surface area (Å²) in [6.45, 7) is 6.11. The molecule has 2 heterocycles. The first kappa shape index (κ1) is 32.2. The zero-order valence-electron chi connectivity index (χ0n) is 24.0. The van der Waals surface area contributed by atoms with Gasteiger partial charge in [0.15, 0.2) is 11.7 Å². The van der Waals surface area contributed by atoms with Crippen molar-refractivity contribution in [2.24, 2.45) is 10.7 Å². The number of esters is 1. The lowest BCUT2D eigenvalue weighted by Crippen LogP contribution is -2.59. The van der Waals surface area contributed by atoms with Crippen molar-refractivity contribution in [3.05, 3.63) is 71.1 Å². The molecule has 13 nitrogen and oxygen atoms in total. The number of nitrogens with zero attached hydrogens (tertiary/aromatic N) is 5. The number of hydrazine groups is 1. The first-order valence-electron chi connectivity index (χ1n) is 13.1. The third kappa shape index (κ3) is 7.27. The van der Waals surface area contributed by atoms with E-state index in [1.54, 1.807) is 45.0 Å². The molecule has 1 aromatic heterocycles. The van der Waals surface area contributed by atoms with Crippen LogP contribution in [0.2, 0.25) is 0 Å². The highest BCUT2D eigenvalue weighted by Gasteiger charge is 2.42. The summed E-state index contributed by atoms with van der Waals surface area (Å²) in [6.07, 6.45) is -4.58. The molecular weight excluding hydrogens is 609 g/mol. The number of aryl methyl sites for hydroxylation is 1. The van der Waals surface area contributed by atoms with Crippen LogP contribution in [0, 0.1) is 17.5 Å². The minimum Gasteiger partial charge on any atom is -0.569 e. The standard InChI is InChI=1S/C27H29F3N6O7S/c1-17-5-7-18(8-6-17)22-15-23(27(28,29)30)31-35(22)19-9-11-20(12-10-19)44(40,41)32-24(37)21-13-14-34(21)36(39)33-43-16-42-25(38)26(2,3)4/h5-12,15,21H,13-14,16H2,1-4H3,(H,32,37)/b36-33-/t21-/m0/s1.